The van der Waals surface area contributed by atoms with Gasteiger partial charge in [-0.2, -0.15) is 0 Å². The summed E-state index contributed by atoms with van der Waals surface area (Å²) in [6.07, 6.45) is 1.95. The Labute approximate surface area is 96.8 Å². The number of carbonyl (C=O) groups is 1. The molecule has 2 rings (SSSR count). The van der Waals surface area contributed by atoms with E-state index in [4.69, 9.17) is 0 Å². The number of carbonyl (C=O) groups excluding carboxylic acids is 1. The number of nitrogens with zero attached hydrogens (tertiary/aromatic N) is 1. The van der Waals surface area contributed by atoms with E-state index >= 15 is 0 Å². The van der Waals surface area contributed by atoms with Gasteiger partial charge in [0.05, 0.1) is 6.42 Å². The summed E-state index contributed by atoms with van der Waals surface area (Å²) < 4.78 is 12.9. The van der Waals surface area contributed by atoms with Crippen molar-refractivity contribution < 1.29 is 9.18 Å². The lowest BCUT2D eigenvalue weighted by molar-refractivity contribution is 0.0992. The standard InChI is InChI=1S/C12H10FNOS/c1-8-6-9(13)2-3-10(8)11(15)7-12-14-4-5-16-12/h2-6H,7H2,1H3. The second-order valence-corrected chi connectivity index (χ2v) is 4.46. The molecular weight excluding hydrogens is 225 g/mol. The molecule has 2 nitrogen and oxygen atoms in total. The number of aryl methyl sites for hydroxylation is 1. The average Bonchev–Trinajstić information content (AvgIpc) is 2.70. The van der Waals surface area contributed by atoms with Crippen LogP contribution in [0.2, 0.25) is 0 Å². The van der Waals surface area contributed by atoms with Crippen LogP contribution in [-0.4, -0.2) is 10.8 Å². The zero-order valence-corrected chi connectivity index (χ0v) is 9.55. The highest BCUT2D eigenvalue weighted by Gasteiger charge is 2.11. The number of hydrogen-bond acceptors (Lipinski definition) is 3. The van der Waals surface area contributed by atoms with Gasteiger partial charge >= 0.3 is 0 Å². The minimum absolute atomic E-state index is 0.0209. The molecule has 0 saturated carbocycles. The first-order chi connectivity index (χ1) is 7.66. The number of rotatable bonds is 3. The third kappa shape index (κ3) is 2.33. The summed E-state index contributed by atoms with van der Waals surface area (Å²) in [5.41, 5.74) is 1.23. The maximum atomic E-state index is 12.9. The fourth-order valence-electron chi connectivity index (χ4n) is 1.51. The fourth-order valence-corrected chi connectivity index (χ4v) is 2.13. The summed E-state index contributed by atoms with van der Waals surface area (Å²) in [7, 11) is 0. The quantitative estimate of drug-likeness (QED) is 0.765. The van der Waals surface area contributed by atoms with Crippen molar-refractivity contribution in [3.8, 4) is 0 Å². The molecule has 0 aliphatic carbocycles. The zero-order valence-electron chi connectivity index (χ0n) is 8.74. The molecule has 0 spiro atoms. The van der Waals surface area contributed by atoms with Gasteiger partial charge < -0.3 is 0 Å². The fraction of sp³-hybridized carbons (Fsp3) is 0.167. The van der Waals surface area contributed by atoms with Gasteiger partial charge in [-0.3, -0.25) is 4.79 Å². The first-order valence-electron chi connectivity index (χ1n) is 4.84. The minimum Gasteiger partial charge on any atom is -0.294 e. The Balaban J connectivity index is 2.21. The highest BCUT2D eigenvalue weighted by atomic mass is 32.1. The van der Waals surface area contributed by atoms with Gasteiger partial charge in [-0.25, -0.2) is 9.37 Å². The van der Waals surface area contributed by atoms with Crippen LogP contribution in [0.15, 0.2) is 29.8 Å². The van der Waals surface area contributed by atoms with Crippen molar-refractivity contribution in [2.45, 2.75) is 13.3 Å². The minimum atomic E-state index is -0.316. The van der Waals surface area contributed by atoms with Crippen molar-refractivity contribution in [3.63, 3.8) is 0 Å². The highest BCUT2D eigenvalue weighted by Crippen LogP contribution is 2.14. The second kappa shape index (κ2) is 4.53. The third-order valence-electron chi connectivity index (χ3n) is 2.28. The third-order valence-corrected chi connectivity index (χ3v) is 3.06. The van der Waals surface area contributed by atoms with Crippen molar-refractivity contribution in [1.82, 2.24) is 4.98 Å². The lowest BCUT2D eigenvalue weighted by Crippen LogP contribution is -2.05. The lowest BCUT2D eigenvalue weighted by atomic mass is 10.0. The van der Waals surface area contributed by atoms with Gasteiger partial charge in [0.25, 0.3) is 0 Å². The van der Waals surface area contributed by atoms with E-state index in [1.54, 1.807) is 13.1 Å². The maximum absolute atomic E-state index is 12.9. The lowest BCUT2D eigenvalue weighted by Gasteiger charge is -2.03. The van der Waals surface area contributed by atoms with Gasteiger partial charge in [-0.15, -0.1) is 11.3 Å². The Morgan fingerprint density at radius 1 is 1.50 bits per heavy atom. The van der Waals surface area contributed by atoms with Gasteiger partial charge in [0, 0.05) is 17.1 Å². The summed E-state index contributed by atoms with van der Waals surface area (Å²) in [4.78, 5) is 15.9. The average molecular weight is 235 g/mol. The summed E-state index contributed by atoms with van der Waals surface area (Å²) in [5.74, 6) is -0.337. The number of halogens is 1. The Kier molecular flexibility index (Phi) is 3.10. The van der Waals surface area contributed by atoms with E-state index < -0.39 is 0 Å². The summed E-state index contributed by atoms with van der Waals surface area (Å²) in [6.45, 7) is 1.73. The molecule has 0 atom stereocenters. The maximum Gasteiger partial charge on any atom is 0.169 e. The first-order valence-corrected chi connectivity index (χ1v) is 5.72. The molecule has 4 heteroatoms. The molecule has 0 saturated heterocycles. The van der Waals surface area contributed by atoms with Crippen molar-refractivity contribution in [2.24, 2.45) is 0 Å². The normalized spacial score (nSPS) is 10.4. The van der Waals surface area contributed by atoms with Gasteiger partial charge in [0.1, 0.15) is 10.8 Å². The van der Waals surface area contributed by atoms with Crippen LogP contribution >= 0.6 is 11.3 Å². The van der Waals surface area contributed by atoms with E-state index in [0.717, 1.165) is 5.01 Å². The number of benzene rings is 1. The number of ketones is 1. The van der Waals surface area contributed by atoms with E-state index in [0.29, 0.717) is 11.1 Å². The number of thiazole rings is 1. The van der Waals surface area contributed by atoms with Crippen LogP contribution < -0.4 is 0 Å². The molecule has 82 valence electrons. The van der Waals surface area contributed by atoms with Crippen molar-refractivity contribution in [3.05, 3.63) is 51.7 Å². The molecule has 0 aliphatic rings. The highest BCUT2D eigenvalue weighted by molar-refractivity contribution is 7.09. The van der Waals surface area contributed by atoms with E-state index in [2.05, 4.69) is 4.98 Å². The molecule has 0 amide bonds. The van der Waals surface area contributed by atoms with E-state index in [9.17, 15) is 9.18 Å². The van der Waals surface area contributed by atoms with Crippen molar-refractivity contribution in [1.29, 1.82) is 0 Å². The predicted octanol–water partition coefficient (Wildman–Crippen LogP) is 3.02. The largest absolute Gasteiger partial charge is 0.294 e. The smallest absolute Gasteiger partial charge is 0.169 e. The molecule has 0 fully saturated rings. The molecule has 0 radical (unpaired) electrons. The van der Waals surface area contributed by atoms with Gasteiger partial charge in [0.15, 0.2) is 5.78 Å². The van der Waals surface area contributed by atoms with Gasteiger partial charge in [-0.1, -0.05) is 0 Å². The molecule has 1 aromatic heterocycles. The Hall–Kier alpha value is -1.55. The van der Waals surface area contributed by atoms with Crippen LogP contribution in [0.3, 0.4) is 0 Å². The van der Waals surface area contributed by atoms with Crippen LogP contribution in [0.25, 0.3) is 0 Å². The molecule has 2 aromatic rings. The molecular formula is C12H10FNOS. The monoisotopic (exact) mass is 235 g/mol. The SMILES string of the molecule is Cc1cc(F)ccc1C(=O)Cc1nccs1. The summed E-state index contributed by atoms with van der Waals surface area (Å²) in [6, 6.07) is 4.21. The Morgan fingerprint density at radius 2 is 2.31 bits per heavy atom. The predicted molar refractivity (Wildman–Crippen MR) is 61.3 cm³/mol. The zero-order chi connectivity index (χ0) is 11.5. The van der Waals surface area contributed by atoms with Gasteiger partial charge in [-0.05, 0) is 30.7 Å². The molecule has 1 aromatic carbocycles. The molecule has 16 heavy (non-hydrogen) atoms. The van der Waals surface area contributed by atoms with Crippen molar-refractivity contribution in [2.75, 3.05) is 0 Å². The summed E-state index contributed by atoms with van der Waals surface area (Å²) in [5, 5.41) is 2.62. The first kappa shape index (κ1) is 11.0. The Morgan fingerprint density at radius 3 is 2.94 bits per heavy atom. The molecule has 0 unspecified atom stereocenters. The summed E-state index contributed by atoms with van der Waals surface area (Å²) >= 11 is 1.45. The van der Waals surface area contributed by atoms with Crippen LogP contribution in [-0.2, 0) is 6.42 Å². The van der Waals surface area contributed by atoms with Crippen LogP contribution in [0, 0.1) is 12.7 Å². The molecule has 0 aliphatic heterocycles. The van der Waals surface area contributed by atoms with E-state index in [-0.39, 0.29) is 18.0 Å². The van der Waals surface area contributed by atoms with E-state index in [1.807, 2.05) is 5.38 Å². The molecule has 0 bridgehead atoms. The molecule has 0 N–H and O–H groups in total. The molecule has 1 heterocycles. The second-order valence-electron chi connectivity index (χ2n) is 3.49. The van der Waals surface area contributed by atoms with E-state index in [1.165, 1.54) is 29.5 Å². The van der Waals surface area contributed by atoms with Crippen LogP contribution in [0.5, 0.6) is 0 Å². The number of Topliss-reactive ketones (excluding diaryl/α,β-unsaturated/α-hetero) is 1. The van der Waals surface area contributed by atoms with Crippen LogP contribution in [0.4, 0.5) is 4.39 Å². The van der Waals surface area contributed by atoms with Gasteiger partial charge in [0.2, 0.25) is 0 Å². The topological polar surface area (TPSA) is 30.0 Å². The van der Waals surface area contributed by atoms with Crippen molar-refractivity contribution >= 4 is 17.1 Å². The number of hydrogen-bond donors (Lipinski definition) is 0. The van der Waals surface area contributed by atoms with Crippen LogP contribution in [0.1, 0.15) is 20.9 Å². The number of aromatic nitrogens is 1. The Bertz CT molecular complexity index is 508.